The predicted octanol–water partition coefficient (Wildman–Crippen LogP) is 3.19. The lowest BCUT2D eigenvalue weighted by Gasteiger charge is -2.08. The number of nitrogen functional groups attached to an aromatic ring is 1. The molecule has 0 aliphatic rings. The van der Waals surface area contributed by atoms with Gasteiger partial charge in [0.2, 0.25) is 0 Å². The van der Waals surface area contributed by atoms with Crippen molar-refractivity contribution >= 4 is 28.9 Å². The Morgan fingerprint density at radius 3 is 2.67 bits per heavy atom. The molecule has 2 N–H and O–H groups in total. The van der Waals surface area contributed by atoms with Crippen LogP contribution in [0.2, 0.25) is 5.02 Å². The smallest absolute Gasteiger partial charge is 0.340 e. The molecule has 0 atom stereocenters. The van der Waals surface area contributed by atoms with E-state index in [-0.39, 0.29) is 23.5 Å². The number of carbonyl (C=O) groups is 1. The molecule has 6 nitrogen and oxygen atoms in total. The van der Waals surface area contributed by atoms with Gasteiger partial charge in [0.25, 0.3) is 5.69 Å². The first-order valence-electron chi connectivity index (χ1n) is 5.93. The molecule has 0 saturated carbocycles. The molecule has 0 bridgehead atoms. The second kappa shape index (κ2) is 6.23. The Labute approximate surface area is 125 Å². The van der Waals surface area contributed by atoms with Gasteiger partial charge in [0.05, 0.1) is 10.5 Å². The lowest BCUT2D eigenvalue weighted by molar-refractivity contribution is -0.384. The third kappa shape index (κ3) is 3.49. The molecule has 0 aliphatic carbocycles. The minimum atomic E-state index is -0.740. The van der Waals surface area contributed by atoms with Gasteiger partial charge in [-0.2, -0.15) is 0 Å². The van der Waals surface area contributed by atoms with E-state index in [0.29, 0.717) is 10.6 Å². The average molecular weight is 307 g/mol. The van der Waals surface area contributed by atoms with Gasteiger partial charge in [-0.25, -0.2) is 4.79 Å². The van der Waals surface area contributed by atoms with Crippen molar-refractivity contribution in [2.45, 2.75) is 6.61 Å². The number of esters is 1. The fraction of sp³-hybridized carbons (Fsp3) is 0.0714. The number of anilines is 1. The number of carbonyl (C=O) groups excluding carboxylic acids is 1. The first-order chi connectivity index (χ1) is 9.99. The molecule has 0 spiro atoms. The second-order valence-electron chi connectivity index (χ2n) is 4.20. The van der Waals surface area contributed by atoms with Gasteiger partial charge in [0.1, 0.15) is 6.61 Å². The molecule has 21 heavy (non-hydrogen) atoms. The maximum absolute atomic E-state index is 12.0. The van der Waals surface area contributed by atoms with Crippen LogP contribution in [0.1, 0.15) is 15.9 Å². The van der Waals surface area contributed by atoms with Crippen LogP contribution < -0.4 is 5.73 Å². The molecule has 0 saturated heterocycles. The van der Waals surface area contributed by atoms with Gasteiger partial charge in [-0.05, 0) is 12.1 Å². The first-order valence-corrected chi connectivity index (χ1v) is 6.31. The summed E-state index contributed by atoms with van der Waals surface area (Å²) in [4.78, 5) is 22.1. The van der Waals surface area contributed by atoms with Crippen LogP contribution in [0.4, 0.5) is 11.4 Å². The number of halogens is 1. The lowest BCUT2D eigenvalue weighted by atomic mass is 10.1. The summed E-state index contributed by atoms with van der Waals surface area (Å²) >= 11 is 5.95. The number of nitro benzene ring substituents is 1. The van der Waals surface area contributed by atoms with Crippen LogP contribution in [0.25, 0.3) is 0 Å². The molecule has 0 amide bonds. The summed E-state index contributed by atoms with van der Waals surface area (Å²) in [5, 5.41) is 11.2. The molecule has 108 valence electrons. The van der Waals surface area contributed by atoms with Gasteiger partial charge in [0, 0.05) is 28.4 Å². The van der Waals surface area contributed by atoms with E-state index in [1.165, 1.54) is 12.1 Å². The molecular weight excluding hydrogens is 296 g/mol. The van der Waals surface area contributed by atoms with Crippen LogP contribution in [-0.2, 0) is 11.3 Å². The standard InChI is InChI=1S/C14H11ClN2O4/c15-12-4-2-1-3-9(12)8-21-14(18)11-7-10(17(19)20)5-6-13(11)16/h1-7H,8,16H2. The molecule has 0 heterocycles. The number of nitrogens with two attached hydrogens (primary N) is 1. The van der Waals surface area contributed by atoms with Crippen molar-refractivity contribution in [2.24, 2.45) is 0 Å². The zero-order valence-corrected chi connectivity index (χ0v) is 11.5. The maximum Gasteiger partial charge on any atom is 0.340 e. The number of nitro groups is 1. The normalized spacial score (nSPS) is 10.1. The van der Waals surface area contributed by atoms with Crippen LogP contribution in [0.3, 0.4) is 0 Å². The van der Waals surface area contributed by atoms with Crippen LogP contribution >= 0.6 is 11.6 Å². The Morgan fingerprint density at radius 2 is 2.00 bits per heavy atom. The summed E-state index contributed by atoms with van der Waals surface area (Å²) < 4.78 is 5.08. The van der Waals surface area contributed by atoms with Crippen molar-refractivity contribution in [1.82, 2.24) is 0 Å². The van der Waals surface area contributed by atoms with Crippen molar-refractivity contribution in [3.63, 3.8) is 0 Å². The van der Waals surface area contributed by atoms with Crippen molar-refractivity contribution in [3.05, 3.63) is 68.7 Å². The summed E-state index contributed by atoms with van der Waals surface area (Å²) in [5.41, 5.74) is 6.12. The molecule has 0 aliphatic heterocycles. The number of non-ortho nitro benzene ring substituents is 1. The molecular formula is C14H11ClN2O4. The second-order valence-corrected chi connectivity index (χ2v) is 4.60. The molecule has 0 aromatic heterocycles. The zero-order chi connectivity index (χ0) is 15.4. The Kier molecular flexibility index (Phi) is 4.39. The minimum absolute atomic E-state index is 0.0410. The van der Waals surface area contributed by atoms with Gasteiger partial charge >= 0.3 is 5.97 Å². The highest BCUT2D eigenvalue weighted by Gasteiger charge is 2.17. The Balaban J connectivity index is 2.15. The SMILES string of the molecule is Nc1ccc([N+](=O)[O-])cc1C(=O)OCc1ccccc1Cl. The largest absolute Gasteiger partial charge is 0.457 e. The highest BCUT2D eigenvalue weighted by Crippen LogP contribution is 2.22. The number of hydrogen-bond acceptors (Lipinski definition) is 5. The molecule has 2 aromatic carbocycles. The molecule has 2 aromatic rings. The van der Waals surface area contributed by atoms with Crippen LogP contribution in [0.5, 0.6) is 0 Å². The van der Waals surface area contributed by atoms with E-state index in [0.717, 1.165) is 6.07 Å². The summed E-state index contributed by atoms with van der Waals surface area (Å²) in [7, 11) is 0. The van der Waals surface area contributed by atoms with Crippen LogP contribution in [0.15, 0.2) is 42.5 Å². The third-order valence-corrected chi connectivity index (χ3v) is 3.15. The van der Waals surface area contributed by atoms with Gasteiger partial charge < -0.3 is 10.5 Å². The van der Waals surface area contributed by atoms with Gasteiger partial charge in [-0.3, -0.25) is 10.1 Å². The highest BCUT2D eigenvalue weighted by molar-refractivity contribution is 6.31. The average Bonchev–Trinajstić information content (AvgIpc) is 2.46. The summed E-state index contributed by atoms with van der Waals surface area (Å²) in [6.07, 6.45) is 0. The van der Waals surface area contributed by atoms with E-state index in [4.69, 9.17) is 22.1 Å². The fourth-order valence-corrected chi connectivity index (χ4v) is 1.86. The van der Waals surface area contributed by atoms with E-state index in [9.17, 15) is 14.9 Å². The van der Waals surface area contributed by atoms with E-state index >= 15 is 0 Å². The fourth-order valence-electron chi connectivity index (χ4n) is 1.67. The predicted molar refractivity (Wildman–Crippen MR) is 78.1 cm³/mol. The van der Waals surface area contributed by atoms with Crippen molar-refractivity contribution in [3.8, 4) is 0 Å². The van der Waals surface area contributed by atoms with Crippen LogP contribution in [0, 0.1) is 10.1 Å². The van der Waals surface area contributed by atoms with Crippen molar-refractivity contribution < 1.29 is 14.5 Å². The first kappa shape index (κ1) is 14.8. The highest BCUT2D eigenvalue weighted by atomic mass is 35.5. The van der Waals surface area contributed by atoms with Gasteiger partial charge in [-0.1, -0.05) is 29.8 Å². The monoisotopic (exact) mass is 306 g/mol. The zero-order valence-electron chi connectivity index (χ0n) is 10.8. The summed E-state index contributed by atoms with van der Waals surface area (Å²) in [6, 6.07) is 10.5. The number of ether oxygens (including phenoxy) is 1. The minimum Gasteiger partial charge on any atom is -0.457 e. The quantitative estimate of drug-likeness (QED) is 0.405. The Hall–Kier alpha value is -2.60. The van der Waals surface area contributed by atoms with E-state index < -0.39 is 10.9 Å². The molecule has 0 radical (unpaired) electrons. The Bertz CT molecular complexity index is 703. The van der Waals surface area contributed by atoms with Crippen molar-refractivity contribution in [1.29, 1.82) is 0 Å². The third-order valence-electron chi connectivity index (χ3n) is 2.78. The Morgan fingerprint density at radius 1 is 1.29 bits per heavy atom. The molecule has 2 rings (SSSR count). The lowest BCUT2D eigenvalue weighted by Crippen LogP contribution is -2.09. The number of benzene rings is 2. The van der Waals surface area contributed by atoms with Crippen molar-refractivity contribution in [2.75, 3.05) is 5.73 Å². The number of hydrogen-bond donors (Lipinski definition) is 1. The topological polar surface area (TPSA) is 95.5 Å². The van der Waals surface area contributed by atoms with Crippen LogP contribution in [-0.4, -0.2) is 10.9 Å². The maximum atomic E-state index is 12.0. The number of rotatable bonds is 4. The van der Waals surface area contributed by atoms with Gasteiger partial charge in [0.15, 0.2) is 0 Å². The number of nitrogens with zero attached hydrogens (tertiary/aromatic N) is 1. The summed E-state index contributed by atoms with van der Waals surface area (Å²) in [6.45, 7) is -0.0410. The van der Waals surface area contributed by atoms with E-state index in [2.05, 4.69) is 0 Å². The van der Waals surface area contributed by atoms with E-state index in [1.807, 2.05) is 0 Å². The van der Waals surface area contributed by atoms with Gasteiger partial charge in [-0.15, -0.1) is 0 Å². The van der Waals surface area contributed by atoms with E-state index in [1.54, 1.807) is 24.3 Å². The summed E-state index contributed by atoms with van der Waals surface area (Å²) in [5.74, 6) is -0.740. The molecule has 7 heteroatoms. The molecule has 0 unspecified atom stereocenters. The molecule has 0 fully saturated rings.